The molecule has 0 fully saturated rings. The van der Waals surface area contributed by atoms with E-state index in [4.69, 9.17) is 11.6 Å². The highest BCUT2D eigenvalue weighted by atomic mass is 35.5. The molecule has 0 aliphatic rings. The summed E-state index contributed by atoms with van der Waals surface area (Å²) in [4.78, 5) is 13.9. The smallest absolute Gasteiger partial charge is 0.360 e. The molecular formula is C11H10ClFN4O2. The monoisotopic (exact) mass is 284 g/mol. The largest absolute Gasteiger partial charge is 0.406 e. The van der Waals surface area contributed by atoms with Crippen molar-refractivity contribution in [2.24, 2.45) is 7.05 Å². The van der Waals surface area contributed by atoms with E-state index in [0.29, 0.717) is 5.56 Å². The third-order valence-corrected chi connectivity index (χ3v) is 2.82. The molecule has 1 heterocycles. The number of aromatic nitrogens is 2. The van der Waals surface area contributed by atoms with Crippen molar-refractivity contribution in [2.45, 2.75) is 6.54 Å². The van der Waals surface area contributed by atoms with Gasteiger partial charge >= 0.3 is 5.82 Å². The molecule has 0 spiro atoms. The number of nitro groups is 1. The molecule has 1 N–H and O–H groups in total. The van der Waals surface area contributed by atoms with E-state index in [0.717, 1.165) is 0 Å². The van der Waals surface area contributed by atoms with Crippen LogP contribution in [0.5, 0.6) is 0 Å². The van der Waals surface area contributed by atoms with Crippen LogP contribution in [0.3, 0.4) is 0 Å². The average Bonchev–Trinajstić information content (AvgIpc) is 2.72. The maximum atomic E-state index is 13.0. The first-order valence-corrected chi connectivity index (χ1v) is 5.70. The van der Waals surface area contributed by atoms with E-state index in [1.807, 2.05) is 0 Å². The van der Waals surface area contributed by atoms with Crippen LogP contribution >= 0.6 is 11.6 Å². The second-order valence-corrected chi connectivity index (χ2v) is 4.29. The Kier molecular flexibility index (Phi) is 3.66. The molecule has 0 atom stereocenters. The number of nitrogens with zero attached hydrogens (tertiary/aromatic N) is 3. The van der Waals surface area contributed by atoms with E-state index in [-0.39, 0.29) is 23.2 Å². The lowest BCUT2D eigenvalue weighted by Crippen LogP contribution is -2.05. The number of imidazole rings is 1. The summed E-state index contributed by atoms with van der Waals surface area (Å²) in [6.45, 7) is 0.278. The lowest BCUT2D eigenvalue weighted by atomic mass is 10.2. The fraction of sp³-hybridized carbons (Fsp3) is 0.182. The van der Waals surface area contributed by atoms with Crippen molar-refractivity contribution in [3.05, 3.63) is 51.0 Å². The summed E-state index contributed by atoms with van der Waals surface area (Å²) in [7, 11) is 1.64. The fourth-order valence-electron chi connectivity index (χ4n) is 1.59. The van der Waals surface area contributed by atoms with E-state index in [2.05, 4.69) is 10.3 Å². The highest BCUT2D eigenvalue weighted by molar-refractivity contribution is 6.30. The molecule has 0 amide bonds. The van der Waals surface area contributed by atoms with Crippen molar-refractivity contribution in [2.75, 3.05) is 5.32 Å². The molecular weight excluding hydrogens is 275 g/mol. The van der Waals surface area contributed by atoms with E-state index in [1.165, 1.54) is 23.0 Å². The third-order valence-electron chi connectivity index (χ3n) is 2.53. The Labute approximate surface area is 113 Å². The third kappa shape index (κ3) is 2.82. The highest BCUT2D eigenvalue weighted by Crippen LogP contribution is 2.22. The molecule has 1 aromatic carbocycles. The highest BCUT2D eigenvalue weighted by Gasteiger charge is 2.19. The Morgan fingerprint density at radius 1 is 1.58 bits per heavy atom. The second-order valence-electron chi connectivity index (χ2n) is 3.89. The summed E-state index contributed by atoms with van der Waals surface area (Å²) < 4.78 is 14.5. The van der Waals surface area contributed by atoms with Crippen molar-refractivity contribution < 1.29 is 9.31 Å². The van der Waals surface area contributed by atoms with E-state index in [9.17, 15) is 14.5 Å². The SMILES string of the molecule is Cn1cnc([N+](=O)[O-])c1NCc1ccc(F)c(Cl)c1. The van der Waals surface area contributed by atoms with Gasteiger partial charge in [-0.3, -0.25) is 4.57 Å². The minimum Gasteiger partial charge on any atom is -0.360 e. The Morgan fingerprint density at radius 2 is 2.32 bits per heavy atom. The van der Waals surface area contributed by atoms with Crippen molar-refractivity contribution in [1.82, 2.24) is 9.55 Å². The molecule has 6 nitrogen and oxygen atoms in total. The second kappa shape index (κ2) is 5.23. The van der Waals surface area contributed by atoms with Crippen molar-refractivity contribution in [3.8, 4) is 0 Å². The molecule has 0 saturated heterocycles. The van der Waals surface area contributed by atoms with Crippen LogP contribution in [-0.4, -0.2) is 14.5 Å². The first kappa shape index (κ1) is 13.3. The van der Waals surface area contributed by atoms with Gasteiger partial charge in [0.25, 0.3) is 0 Å². The van der Waals surface area contributed by atoms with Crippen molar-refractivity contribution in [1.29, 1.82) is 0 Å². The van der Waals surface area contributed by atoms with Gasteiger partial charge in [0.05, 0.1) is 5.02 Å². The van der Waals surface area contributed by atoms with Crippen molar-refractivity contribution >= 4 is 23.2 Å². The minimum absolute atomic E-state index is 0.0128. The lowest BCUT2D eigenvalue weighted by molar-refractivity contribution is -0.388. The Morgan fingerprint density at radius 3 is 2.95 bits per heavy atom. The van der Waals surface area contributed by atoms with Gasteiger partial charge in [-0.05, 0) is 27.6 Å². The van der Waals surface area contributed by atoms with Crippen LogP contribution in [0, 0.1) is 15.9 Å². The number of nitrogens with one attached hydrogen (secondary N) is 1. The van der Waals surface area contributed by atoms with E-state index >= 15 is 0 Å². The van der Waals surface area contributed by atoms with Crippen LogP contribution in [-0.2, 0) is 13.6 Å². The summed E-state index contributed by atoms with van der Waals surface area (Å²) in [5.74, 6) is -0.474. The van der Waals surface area contributed by atoms with Crippen LogP contribution in [0.1, 0.15) is 5.56 Å². The molecule has 2 rings (SSSR count). The molecule has 8 heteroatoms. The standard InChI is InChI=1S/C11H10ClFN4O2/c1-16-6-15-11(17(18)19)10(16)14-5-7-2-3-9(13)8(12)4-7/h2-4,6,14H,5H2,1H3. The molecule has 19 heavy (non-hydrogen) atoms. The van der Waals surface area contributed by atoms with Gasteiger partial charge in [-0.25, -0.2) is 4.39 Å². The van der Waals surface area contributed by atoms with Gasteiger partial charge in [0, 0.05) is 13.6 Å². The van der Waals surface area contributed by atoms with E-state index in [1.54, 1.807) is 13.1 Å². The topological polar surface area (TPSA) is 73.0 Å². The number of hydrogen-bond donors (Lipinski definition) is 1. The van der Waals surface area contributed by atoms with Crippen LogP contribution in [0.4, 0.5) is 16.0 Å². The van der Waals surface area contributed by atoms with Gasteiger partial charge in [0.15, 0.2) is 0 Å². The van der Waals surface area contributed by atoms with Gasteiger partial charge in [-0.15, -0.1) is 0 Å². The Balaban J connectivity index is 2.16. The van der Waals surface area contributed by atoms with Crippen LogP contribution in [0.25, 0.3) is 0 Å². The summed E-state index contributed by atoms with van der Waals surface area (Å²) in [6.07, 6.45) is 1.35. The normalized spacial score (nSPS) is 10.5. The number of benzene rings is 1. The zero-order valence-corrected chi connectivity index (χ0v) is 10.7. The zero-order valence-electron chi connectivity index (χ0n) is 9.93. The number of halogens is 2. The minimum atomic E-state index is -0.569. The van der Waals surface area contributed by atoms with Gasteiger partial charge < -0.3 is 15.4 Å². The first-order valence-electron chi connectivity index (χ1n) is 5.32. The predicted octanol–water partition coefficient (Wildman–Crippen LogP) is 2.73. The van der Waals surface area contributed by atoms with Gasteiger partial charge in [-0.1, -0.05) is 17.7 Å². The number of anilines is 1. The van der Waals surface area contributed by atoms with E-state index < -0.39 is 10.7 Å². The van der Waals surface area contributed by atoms with Crippen LogP contribution in [0.2, 0.25) is 5.02 Å². The molecule has 0 saturated carbocycles. The lowest BCUT2D eigenvalue weighted by Gasteiger charge is -2.07. The van der Waals surface area contributed by atoms with Crippen LogP contribution in [0.15, 0.2) is 24.5 Å². The first-order chi connectivity index (χ1) is 8.99. The quantitative estimate of drug-likeness (QED) is 0.692. The predicted molar refractivity (Wildman–Crippen MR) is 68.6 cm³/mol. The average molecular weight is 285 g/mol. The number of aryl methyl sites for hydroxylation is 1. The Bertz CT molecular complexity index is 629. The number of rotatable bonds is 4. The molecule has 0 bridgehead atoms. The molecule has 0 radical (unpaired) electrons. The summed E-state index contributed by atoms with van der Waals surface area (Å²) in [5, 5.41) is 13.7. The summed E-state index contributed by atoms with van der Waals surface area (Å²) in [6, 6.07) is 4.26. The summed E-state index contributed by atoms with van der Waals surface area (Å²) in [5.41, 5.74) is 0.710. The van der Waals surface area contributed by atoms with Gasteiger partial charge in [0.2, 0.25) is 12.1 Å². The molecule has 100 valence electrons. The summed E-state index contributed by atoms with van der Waals surface area (Å²) >= 11 is 5.66. The van der Waals surface area contributed by atoms with Crippen LogP contribution < -0.4 is 5.32 Å². The van der Waals surface area contributed by atoms with Crippen molar-refractivity contribution in [3.63, 3.8) is 0 Å². The van der Waals surface area contributed by atoms with Gasteiger partial charge in [-0.2, -0.15) is 0 Å². The Hall–Kier alpha value is -2.15. The maximum absolute atomic E-state index is 13.0. The molecule has 1 aromatic heterocycles. The zero-order chi connectivity index (χ0) is 14.0. The van der Waals surface area contributed by atoms with Gasteiger partial charge in [0.1, 0.15) is 5.82 Å². The fourth-order valence-corrected chi connectivity index (χ4v) is 1.79. The molecule has 0 aliphatic heterocycles. The molecule has 2 aromatic rings. The maximum Gasteiger partial charge on any atom is 0.406 e. The molecule has 0 aliphatic carbocycles. The molecule has 0 unspecified atom stereocenters. The number of hydrogen-bond acceptors (Lipinski definition) is 4.